The van der Waals surface area contributed by atoms with Gasteiger partial charge in [-0.15, -0.1) is 0 Å². The molecule has 0 radical (unpaired) electrons. The third-order valence-electron chi connectivity index (χ3n) is 3.69. The van der Waals surface area contributed by atoms with E-state index in [1.807, 2.05) is 48.5 Å². The molecule has 2 aromatic heterocycles. The smallest absolute Gasteiger partial charge is 0.307 e. The van der Waals surface area contributed by atoms with Crippen molar-refractivity contribution in [3.8, 4) is 17.1 Å². The van der Waals surface area contributed by atoms with Crippen LogP contribution in [0.5, 0.6) is 5.75 Å². The van der Waals surface area contributed by atoms with Gasteiger partial charge in [0.1, 0.15) is 24.0 Å². The summed E-state index contributed by atoms with van der Waals surface area (Å²) in [5, 5.41) is 14.6. The molecular formula is C17H13N5O3. The van der Waals surface area contributed by atoms with E-state index in [0.29, 0.717) is 5.75 Å². The third kappa shape index (κ3) is 3.05. The van der Waals surface area contributed by atoms with Crippen LogP contribution in [0.25, 0.3) is 22.4 Å². The summed E-state index contributed by atoms with van der Waals surface area (Å²) in [5.74, 6) is 1.37. The van der Waals surface area contributed by atoms with Gasteiger partial charge in [0.15, 0.2) is 6.73 Å². The Bertz CT molecular complexity index is 1020. The first kappa shape index (κ1) is 14.9. The third-order valence-corrected chi connectivity index (χ3v) is 3.69. The average molecular weight is 335 g/mol. The van der Waals surface area contributed by atoms with Gasteiger partial charge in [-0.05, 0) is 24.3 Å². The molecule has 124 valence electrons. The summed E-state index contributed by atoms with van der Waals surface area (Å²) < 4.78 is 7.02. The largest absolute Gasteiger partial charge is 0.471 e. The van der Waals surface area contributed by atoms with Crippen molar-refractivity contribution in [1.82, 2.24) is 19.7 Å². The van der Waals surface area contributed by atoms with Crippen molar-refractivity contribution in [3.05, 3.63) is 71.0 Å². The first-order chi connectivity index (χ1) is 12.2. The molecule has 0 saturated carbocycles. The highest BCUT2D eigenvalue weighted by atomic mass is 16.6. The lowest BCUT2D eigenvalue weighted by molar-refractivity contribution is -0.385. The molecule has 0 spiro atoms. The Balaban J connectivity index is 1.53. The molecule has 0 aliphatic carbocycles. The minimum atomic E-state index is -0.494. The van der Waals surface area contributed by atoms with E-state index in [2.05, 4.69) is 15.1 Å². The highest BCUT2D eigenvalue weighted by Gasteiger charge is 2.09. The highest BCUT2D eigenvalue weighted by Crippen LogP contribution is 2.24. The topological polar surface area (TPSA) is 98.9 Å². The summed E-state index contributed by atoms with van der Waals surface area (Å²) in [4.78, 5) is 18.0. The summed E-state index contributed by atoms with van der Waals surface area (Å²) in [7, 11) is 0. The zero-order chi connectivity index (χ0) is 17.2. The van der Waals surface area contributed by atoms with E-state index in [4.69, 9.17) is 4.74 Å². The second-order valence-corrected chi connectivity index (χ2v) is 5.40. The summed E-state index contributed by atoms with van der Waals surface area (Å²) in [6.45, 7) is 0.0808. The molecule has 8 heteroatoms. The van der Waals surface area contributed by atoms with Crippen LogP contribution in [0.15, 0.2) is 60.9 Å². The normalized spacial score (nSPS) is 10.9. The Morgan fingerprint density at radius 2 is 2.08 bits per heavy atom. The molecule has 0 unspecified atom stereocenters. The number of aromatic nitrogens is 4. The summed E-state index contributed by atoms with van der Waals surface area (Å²) in [5.41, 5.74) is 2.68. The van der Waals surface area contributed by atoms with Crippen molar-refractivity contribution < 1.29 is 9.66 Å². The molecule has 2 heterocycles. The number of hydrogen-bond acceptors (Lipinski definition) is 5. The Morgan fingerprint density at radius 1 is 1.20 bits per heavy atom. The van der Waals surface area contributed by atoms with Crippen molar-refractivity contribution in [2.24, 2.45) is 0 Å². The van der Waals surface area contributed by atoms with Crippen LogP contribution >= 0.6 is 0 Å². The van der Waals surface area contributed by atoms with Gasteiger partial charge in [-0.25, -0.2) is 9.67 Å². The van der Waals surface area contributed by atoms with Crippen LogP contribution in [0.2, 0.25) is 0 Å². The number of nitrogens with one attached hydrogen (secondary N) is 1. The van der Waals surface area contributed by atoms with Gasteiger partial charge in [-0.1, -0.05) is 24.3 Å². The van der Waals surface area contributed by atoms with Crippen molar-refractivity contribution in [1.29, 1.82) is 0 Å². The number of para-hydroxylation sites is 2. The molecule has 0 saturated heterocycles. The number of aromatic amines is 1. The van der Waals surface area contributed by atoms with Gasteiger partial charge in [0.25, 0.3) is 0 Å². The van der Waals surface area contributed by atoms with Gasteiger partial charge in [0.05, 0.1) is 16.0 Å². The second kappa shape index (κ2) is 6.08. The maximum absolute atomic E-state index is 10.7. The molecule has 8 nitrogen and oxygen atoms in total. The number of benzene rings is 2. The fourth-order valence-electron chi connectivity index (χ4n) is 2.48. The van der Waals surface area contributed by atoms with E-state index in [1.54, 1.807) is 0 Å². The van der Waals surface area contributed by atoms with E-state index in [-0.39, 0.29) is 12.4 Å². The Kier molecular flexibility index (Phi) is 3.62. The second-order valence-electron chi connectivity index (χ2n) is 5.40. The molecule has 0 bridgehead atoms. The molecule has 0 atom stereocenters. The maximum atomic E-state index is 10.7. The Hall–Kier alpha value is -3.68. The molecule has 2 aromatic carbocycles. The van der Waals surface area contributed by atoms with E-state index < -0.39 is 4.92 Å². The first-order valence-electron chi connectivity index (χ1n) is 7.54. The monoisotopic (exact) mass is 335 g/mol. The van der Waals surface area contributed by atoms with Crippen molar-refractivity contribution in [3.63, 3.8) is 0 Å². The van der Waals surface area contributed by atoms with Gasteiger partial charge in [0, 0.05) is 5.56 Å². The van der Waals surface area contributed by atoms with E-state index >= 15 is 0 Å². The summed E-state index contributed by atoms with van der Waals surface area (Å²) in [6.07, 6.45) is 2.51. The van der Waals surface area contributed by atoms with Gasteiger partial charge in [-0.2, -0.15) is 5.10 Å². The number of H-pyrrole nitrogens is 1. The molecule has 25 heavy (non-hydrogen) atoms. The lowest BCUT2D eigenvalue weighted by atomic mass is 10.2. The zero-order valence-corrected chi connectivity index (χ0v) is 13.0. The molecule has 1 N–H and O–H groups in total. The van der Waals surface area contributed by atoms with Gasteiger partial charge in [-0.3, -0.25) is 10.1 Å². The van der Waals surface area contributed by atoms with Crippen LogP contribution < -0.4 is 4.74 Å². The summed E-state index contributed by atoms with van der Waals surface area (Å²) in [6, 6.07) is 15.3. The lowest BCUT2D eigenvalue weighted by Gasteiger charge is -2.07. The average Bonchev–Trinajstić information content (AvgIpc) is 3.27. The molecule has 0 aliphatic heterocycles. The van der Waals surface area contributed by atoms with E-state index in [0.717, 1.165) is 22.4 Å². The first-order valence-corrected chi connectivity index (χ1v) is 7.54. The minimum absolute atomic E-state index is 0.0698. The number of imidazole rings is 1. The van der Waals surface area contributed by atoms with E-state index in [9.17, 15) is 10.1 Å². The fourth-order valence-corrected chi connectivity index (χ4v) is 2.48. The molecule has 0 amide bonds. The highest BCUT2D eigenvalue weighted by molar-refractivity contribution is 5.79. The lowest BCUT2D eigenvalue weighted by Crippen LogP contribution is -2.05. The fraction of sp³-hybridized carbons (Fsp3) is 0.0588. The summed E-state index contributed by atoms with van der Waals surface area (Å²) >= 11 is 0. The minimum Gasteiger partial charge on any atom is -0.471 e. The van der Waals surface area contributed by atoms with Crippen LogP contribution in [-0.4, -0.2) is 24.7 Å². The van der Waals surface area contributed by atoms with Gasteiger partial charge < -0.3 is 9.72 Å². The van der Waals surface area contributed by atoms with Crippen LogP contribution in [-0.2, 0) is 6.73 Å². The van der Waals surface area contributed by atoms with E-state index in [1.165, 1.54) is 17.1 Å². The number of ether oxygens (including phenoxy) is 1. The van der Waals surface area contributed by atoms with Crippen LogP contribution in [0.4, 0.5) is 5.69 Å². The molecule has 4 rings (SSSR count). The van der Waals surface area contributed by atoms with Crippen molar-refractivity contribution >= 4 is 16.7 Å². The molecule has 0 aliphatic rings. The van der Waals surface area contributed by atoms with Crippen molar-refractivity contribution in [2.75, 3.05) is 0 Å². The van der Waals surface area contributed by atoms with Gasteiger partial charge in [0.2, 0.25) is 0 Å². The zero-order valence-electron chi connectivity index (χ0n) is 13.0. The number of nitro groups is 1. The van der Waals surface area contributed by atoms with Gasteiger partial charge >= 0.3 is 5.69 Å². The Morgan fingerprint density at radius 3 is 2.88 bits per heavy atom. The number of nitrogens with zero attached hydrogens (tertiary/aromatic N) is 4. The van der Waals surface area contributed by atoms with Crippen LogP contribution in [0, 0.1) is 10.1 Å². The quantitative estimate of drug-likeness (QED) is 0.445. The Labute approximate surface area is 141 Å². The number of rotatable bonds is 5. The van der Waals surface area contributed by atoms with Crippen LogP contribution in [0.1, 0.15) is 0 Å². The molecule has 4 aromatic rings. The SMILES string of the molecule is O=[N+]([O-])c1cnn(COc2cccc(-c3nc4ccccc4[nH]3)c2)c1. The van der Waals surface area contributed by atoms with Crippen LogP contribution in [0.3, 0.4) is 0 Å². The number of fused-ring (bicyclic) bond motifs is 1. The standard InChI is InChI=1S/C17H13N5O3/c23-22(24)13-9-18-21(10-13)11-25-14-5-3-4-12(8-14)17-19-15-6-1-2-7-16(15)20-17/h1-10H,11H2,(H,19,20). The van der Waals surface area contributed by atoms with Crippen molar-refractivity contribution in [2.45, 2.75) is 6.73 Å². The number of hydrogen-bond donors (Lipinski definition) is 1. The molecular weight excluding hydrogens is 322 g/mol. The maximum Gasteiger partial charge on any atom is 0.307 e. The predicted molar refractivity (Wildman–Crippen MR) is 91.0 cm³/mol. The molecule has 0 fully saturated rings. The predicted octanol–water partition coefficient (Wildman–Crippen LogP) is 3.37.